The topological polar surface area (TPSA) is 345 Å². The molecular weight excluding hydrogens is 546 g/mol. The van der Waals surface area contributed by atoms with Crippen LogP contribution in [0.5, 0.6) is 0 Å². The molecule has 0 aromatic heterocycles. The normalized spacial score (nSPS) is 1.44. The van der Waals surface area contributed by atoms with E-state index in [-0.39, 0.29) is 265 Å². The Labute approximate surface area is 334 Å². The van der Waals surface area contributed by atoms with Crippen LogP contribution in [0.2, 0.25) is 0 Å². The summed E-state index contributed by atoms with van der Waals surface area (Å²) >= 11 is 2.21. The predicted octanol–water partition coefficient (Wildman–Crippen LogP) is -5.58. The summed E-state index contributed by atoms with van der Waals surface area (Å²) in [6.45, 7) is 0. The van der Waals surface area contributed by atoms with Crippen LogP contribution in [0.3, 0.4) is 0 Å². The zero-order chi connectivity index (χ0) is 12.0. The summed E-state index contributed by atoms with van der Waals surface area (Å²) in [6, 6.07) is 0. The molecule has 0 aliphatic carbocycles. The van der Waals surface area contributed by atoms with Crippen LogP contribution in [0.15, 0.2) is 0 Å². The van der Waals surface area contributed by atoms with Crippen molar-refractivity contribution in [3.63, 3.8) is 0 Å². The molecule has 0 aromatic carbocycles. The van der Waals surface area contributed by atoms with E-state index in [1.54, 1.807) is 0 Å². The van der Waals surface area contributed by atoms with Crippen molar-refractivity contribution in [1.29, 1.82) is 0 Å². The fraction of sp³-hybridized carbons (Fsp3) is 1.00. The Hall–Kier alpha value is 7.84. The van der Waals surface area contributed by atoms with E-state index >= 15 is 0 Å². The molecule has 0 aliphatic rings. The van der Waals surface area contributed by atoms with Crippen molar-refractivity contribution >= 4 is 271 Å². The third kappa shape index (κ3) is 461. The SMILES string of the molecule is C.C.O.O.[Ca+2].[Ca+2].[Mg+2].[OH-].[OH-].[OH-].[OH-].[OH-].[OH-].[O]=[Ca].[O]=[Ca].[O]=[Ca].[O]=[Mg].[O]=[Mg].[O]=[Mg]. The molecule has 0 atom stereocenters. The van der Waals surface area contributed by atoms with Crippen molar-refractivity contribution in [2.45, 2.75) is 14.9 Å². The summed E-state index contributed by atoms with van der Waals surface area (Å²) in [5, 5.41) is 0. The van der Waals surface area contributed by atoms with Gasteiger partial charge < -0.3 is 43.8 Å². The molecule has 0 unspecified atom stereocenters. The summed E-state index contributed by atoms with van der Waals surface area (Å²) in [5.74, 6) is 0. The fourth-order valence-electron chi connectivity index (χ4n) is 0. The van der Waals surface area contributed by atoms with Crippen molar-refractivity contribution in [2.24, 2.45) is 0 Å². The Balaban J connectivity index is -0.000000000921. The molecule has 128 valence electrons. The van der Waals surface area contributed by atoms with Crippen molar-refractivity contribution in [3.05, 3.63) is 0 Å². The van der Waals surface area contributed by atoms with Crippen LogP contribution in [-0.2, 0) is 13.8 Å². The second kappa shape index (κ2) is 492. The Morgan fingerprint density at radius 2 is 0.400 bits per heavy atom. The molecule has 0 aliphatic heterocycles. The molecule has 0 spiro atoms. The van der Waals surface area contributed by atoms with E-state index in [4.69, 9.17) is 13.8 Å². The molecule has 0 aromatic rings. The first-order chi connectivity index (χ1) is 6.00. The third-order valence-corrected chi connectivity index (χ3v) is 0. The van der Waals surface area contributed by atoms with Crippen LogP contribution in [-0.4, -0.2) is 315 Å². The van der Waals surface area contributed by atoms with Gasteiger partial charge in [-0.25, -0.2) is 0 Å². The van der Waals surface area contributed by atoms with Gasteiger partial charge >= 0.3 is 285 Å². The summed E-state index contributed by atoms with van der Waals surface area (Å²) in [5.41, 5.74) is 0. The second-order valence-corrected chi connectivity index (χ2v) is 0. The zero-order valence-corrected chi connectivity index (χ0v) is 29.2. The molecule has 14 nitrogen and oxygen atoms in total. The van der Waals surface area contributed by atoms with E-state index in [2.05, 4.69) is 0 Å². The van der Waals surface area contributed by atoms with Crippen LogP contribution >= 0.6 is 0 Å². The van der Waals surface area contributed by atoms with Gasteiger partial charge in [0.2, 0.25) is 0 Å². The van der Waals surface area contributed by atoms with Crippen molar-refractivity contribution in [3.8, 4) is 0 Å². The van der Waals surface area contributed by atoms with Gasteiger partial charge in [-0.05, 0) is 0 Å². The maximum absolute atomic E-state index is 8.38. The Bertz CT molecular complexity index is 56.7. The van der Waals surface area contributed by atoms with Crippen LogP contribution in [0.25, 0.3) is 0 Å². The predicted molar refractivity (Wildman–Crippen MR) is 88.2 cm³/mol. The number of hydrogen-bond donors (Lipinski definition) is 0. The molecule has 25 heavy (non-hydrogen) atoms. The monoisotopic (exact) mass is 562 g/mol. The van der Waals surface area contributed by atoms with Crippen LogP contribution in [0.4, 0.5) is 0 Å². The quantitative estimate of drug-likeness (QED) is 0.249. The minimum atomic E-state index is 0. The molecule has 23 heteroatoms. The van der Waals surface area contributed by atoms with Gasteiger partial charge in [0, 0.05) is 0 Å². The third-order valence-electron chi connectivity index (χ3n) is 0. The standard InChI is InChI=1S/2CH4.5Ca.4Mg.8H2O.6O/h2*1H4;;;;;;;;;;8*1H2;;;;;;/q;;;;;2*+2;;;;+2;;;;;;;;;;;;;;/p-6. The summed E-state index contributed by atoms with van der Waals surface area (Å²) in [6.07, 6.45) is 0. The molecule has 0 fully saturated rings. The Morgan fingerprint density at radius 3 is 0.400 bits per heavy atom. The van der Waals surface area contributed by atoms with E-state index in [9.17, 15) is 0 Å². The molecule has 0 saturated carbocycles. The van der Waals surface area contributed by atoms with E-state index in [1.165, 1.54) is 0 Å². The second-order valence-electron chi connectivity index (χ2n) is 0. The molecule has 0 bridgehead atoms. The first-order valence-corrected chi connectivity index (χ1v) is 6.17. The van der Waals surface area contributed by atoms with Gasteiger partial charge in [0.25, 0.3) is 0 Å². The molecular formula is C2H18Ca5Mg4O14. The maximum atomic E-state index is 8.38. The van der Waals surface area contributed by atoms with Gasteiger partial charge in [0.1, 0.15) is 0 Å². The molecule has 0 radical (unpaired) electrons. The number of hydrogen-bond acceptors (Lipinski definition) is 12. The first-order valence-electron chi connectivity index (χ1n) is 1.73. The minimum absolute atomic E-state index is 0. The molecule has 0 amide bonds. The van der Waals surface area contributed by atoms with Gasteiger partial charge in [-0.3, -0.25) is 0 Å². The molecule has 0 saturated heterocycles. The van der Waals surface area contributed by atoms with Crippen LogP contribution in [0.1, 0.15) is 14.9 Å². The van der Waals surface area contributed by atoms with Crippen molar-refractivity contribution in [1.82, 2.24) is 0 Å². The average Bonchev–Trinajstić information content (AvgIpc) is 2.33. The Kier molecular flexibility index (Phi) is 3420. The molecule has 0 heterocycles. The van der Waals surface area contributed by atoms with Gasteiger partial charge in [-0.1, -0.05) is 14.9 Å². The van der Waals surface area contributed by atoms with Gasteiger partial charge in [0.05, 0.1) is 0 Å². The Morgan fingerprint density at radius 1 is 0.400 bits per heavy atom. The van der Waals surface area contributed by atoms with Crippen molar-refractivity contribution < 1.29 is 57.6 Å². The summed E-state index contributed by atoms with van der Waals surface area (Å²) < 4.78 is 50.0. The van der Waals surface area contributed by atoms with Gasteiger partial charge in [-0.2, -0.15) is 0 Å². The van der Waals surface area contributed by atoms with E-state index < -0.39 is 0 Å². The van der Waals surface area contributed by atoms with E-state index in [0.717, 1.165) is 0 Å². The molecule has 0 rings (SSSR count). The van der Waals surface area contributed by atoms with E-state index in [0.29, 0.717) is 65.1 Å². The first kappa shape index (κ1) is 174. The molecule has 10 N–H and O–H groups in total. The van der Waals surface area contributed by atoms with Crippen LogP contribution < -0.4 is 0 Å². The fourth-order valence-corrected chi connectivity index (χ4v) is 0. The van der Waals surface area contributed by atoms with Crippen molar-refractivity contribution in [2.75, 3.05) is 0 Å². The van der Waals surface area contributed by atoms with Gasteiger partial charge in [-0.15, -0.1) is 0 Å². The summed E-state index contributed by atoms with van der Waals surface area (Å²) in [4.78, 5) is 0. The number of rotatable bonds is 0. The van der Waals surface area contributed by atoms with E-state index in [1.807, 2.05) is 0 Å². The zero-order valence-electron chi connectivity index (χ0n) is 12.5. The summed E-state index contributed by atoms with van der Waals surface area (Å²) in [7, 11) is 0. The average molecular weight is 564 g/mol. The van der Waals surface area contributed by atoms with Crippen LogP contribution in [0, 0.1) is 0 Å². The van der Waals surface area contributed by atoms with Gasteiger partial charge in [0.15, 0.2) is 0 Å².